The van der Waals surface area contributed by atoms with Gasteiger partial charge in [-0.05, 0) is 73.2 Å². The molecule has 1 aliphatic heterocycles. The molecule has 176 valence electrons. The summed E-state index contributed by atoms with van der Waals surface area (Å²) < 4.78 is 27.7. The van der Waals surface area contributed by atoms with Crippen LogP contribution in [0.5, 0.6) is 0 Å². The first-order valence-corrected chi connectivity index (χ1v) is 11.4. The van der Waals surface area contributed by atoms with E-state index in [1.165, 1.54) is 23.3 Å². The van der Waals surface area contributed by atoms with Crippen LogP contribution in [0.3, 0.4) is 0 Å². The number of hydrogen-bond donors (Lipinski definition) is 3. The van der Waals surface area contributed by atoms with E-state index in [9.17, 15) is 8.78 Å². The number of nitrogens with one attached hydrogen (secondary N) is 3. The van der Waals surface area contributed by atoms with Crippen molar-refractivity contribution < 1.29 is 8.78 Å². The summed E-state index contributed by atoms with van der Waals surface area (Å²) in [4.78, 5) is 7.78. The van der Waals surface area contributed by atoms with Gasteiger partial charge in [-0.3, -0.25) is 0 Å². The number of benzene rings is 2. The molecule has 0 unspecified atom stereocenters. The highest BCUT2D eigenvalue weighted by molar-refractivity contribution is 6.31. The molecule has 0 radical (unpaired) electrons. The SMILES string of the molecule is C=C1CC/C(=C(/C=C\C)Cc2ccc3nc(Nc4ccc(Cl)c(C(C)(F)F)c4)[nH]c3c2)C(=C)N1. The zero-order chi connectivity index (χ0) is 24.5. The summed E-state index contributed by atoms with van der Waals surface area (Å²) in [5, 5.41) is 6.36. The van der Waals surface area contributed by atoms with Crippen LogP contribution in [-0.4, -0.2) is 9.97 Å². The summed E-state index contributed by atoms with van der Waals surface area (Å²) in [6.07, 6.45) is 6.71. The summed E-state index contributed by atoms with van der Waals surface area (Å²) in [7, 11) is 0. The van der Waals surface area contributed by atoms with E-state index in [1.54, 1.807) is 6.07 Å². The molecule has 2 heterocycles. The largest absolute Gasteiger partial charge is 0.360 e. The number of fused-ring (bicyclic) bond motifs is 1. The van der Waals surface area contributed by atoms with Crippen molar-refractivity contribution in [2.75, 3.05) is 5.32 Å². The number of anilines is 2. The molecule has 7 heteroatoms. The molecule has 0 amide bonds. The quantitative estimate of drug-likeness (QED) is 0.336. The Hall–Kier alpha value is -3.38. The van der Waals surface area contributed by atoms with Crippen molar-refractivity contribution in [3.05, 3.63) is 100 Å². The Kier molecular flexibility index (Phi) is 6.62. The Bertz CT molecular complexity index is 1330. The second-order valence-electron chi connectivity index (χ2n) is 8.53. The van der Waals surface area contributed by atoms with Crippen LogP contribution in [0.4, 0.5) is 20.4 Å². The smallest absolute Gasteiger partial charge is 0.272 e. The third-order valence-corrected chi connectivity index (χ3v) is 6.10. The molecule has 1 fully saturated rings. The average Bonchev–Trinajstić information content (AvgIpc) is 3.15. The van der Waals surface area contributed by atoms with Gasteiger partial charge in [-0.2, -0.15) is 0 Å². The van der Waals surface area contributed by atoms with Gasteiger partial charge < -0.3 is 15.6 Å². The van der Waals surface area contributed by atoms with Crippen LogP contribution >= 0.6 is 11.6 Å². The van der Waals surface area contributed by atoms with Crippen LogP contribution in [0.1, 0.15) is 37.8 Å². The van der Waals surface area contributed by atoms with Gasteiger partial charge in [0.05, 0.1) is 11.0 Å². The van der Waals surface area contributed by atoms with Crippen molar-refractivity contribution in [1.29, 1.82) is 0 Å². The minimum absolute atomic E-state index is 0.0264. The lowest BCUT2D eigenvalue weighted by molar-refractivity contribution is 0.0176. The number of alkyl halides is 2. The Balaban J connectivity index is 1.59. The first-order valence-electron chi connectivity index (χ1n) is 11.1. The number of piperidine rings is 1. The van der Waals surface area contributed by atoms with Gasteiger partial charge in [0, 0.05) is 34.6 Å². The third-order valence-electron chi connectivity index (χ3n) is 5.77. The number of halogens is 3. The fourth-order valence-corrected chi connectivity index (χ4v) is 4.41. The normalized spacial score (nSPS) is 16.3. The Morgan fingerprint density at radius 1 is 1.21 bits per heavy atom. The standard InChI is InChI=1S/C27H27ClF2N4/c1-5-6-19(21-10-7-16(2)31-17(21)3)13-18-8-12-24-25(14-18)34-26(33-24)32-20-9-11-23(28)22(15-20)27(4,29)30/h5-6,8-9,11-12,14-15,31H,2-3,7,10,13H2,1,4H3,(H2,32,33,34)/b6-5-,21-19+. The van der Waals surface area contributed by atoms with E-state index < -0.39 is 5.92 Å². The van der Waals surface area contributed by atoms with E-state index in [1.807, 2.05) is 25.1 Å². The number of aromatic nitrogens is 2. The zero-order valence-corrected chi connectivity index (χ0v) is 20.0. The Morgan fingerprint density at radius 2 is 2.00 bits per heavy atom. The van der Waals surface area contributed by atoms with Crippen LogP contribution in [0.2, 0.25) is 5.02 Å². The molecule has 3 N–H and O–H groups in total. The maximum Gasteiger partial charge on any atom is 0.272 e. The van der Waals surface area contributed by atoms with Crippen LogP contribution in [-0.2, 0) is 12.3 Å². The number of H-pyrrole nitrogens is 1. The molecular weight excluding hydrogens is 454 g/mol. The van der Waals surface area contributed by atoms with Gasteiger partial charge in [0.2, 0.25) is 5.95 Å². The predicted octanol–water partition coefficient (Wildman–Crippen LogP) is 7.90. The Labute approximate surface area is 203 Å². The highest BCUT2D eigenvalue weighted by atomic mass is 35.5. The molecule has 0 saturated carbocycles. The van der Waals surface area contributed by atoms with E-state index in [-0.39, 0.29) is 10.6 Å². The molecule has 1 aliphatic rings. The van der Waals surface area contributed by atoms with Gasteiger partial charge in [0.25, 0.3) is 5.92 Å². The lowest BCUT2D eigenvalue weighted by Gasteiger charge is -2.24. The molecule has 2 aromatic carbocycles. The van der Waals surface area contributed by atoms with Gasteiger partial charge in [0.15, 0.2) is 0 Å². The lowest BCUT2D eigenvalue weighted by Crippen LogP contribution is -2.19. The van der Waals surface area contributed by atoms with Crippen molar-refractivity contribution in [3.8, 4) is 0 Å². The molecule has 0 bridgehead atoms. The molecular formula is C27H27ClF2N4. The van der Waals surface area contributed by atoms with E-state index in [0.717, 1.165) is 54.2 Å². The van der Waals surface area contributed by atoms with Crippen LogP contribution in [0.25, 0.3) is 11.0 Å². The second kappa shape index (κ2) is 9.47. The summed E-state index contributed by atoms with van der Waals surface area (Å²) >= 11 is 5.95. The minimum Gasteiger partial charge on any atom is -0.360 e. The molecule has 34 heavy (non-hydrogen) atoms. The first kappa shape index (κ1) is 23.8. The third kappa shape index (κ3) is 5.23. The highest BCUT2D eigenvalue weighted by Gasteiger charge is 2.27. The number of aromatic amines is 1. The summed E-state index contributed by atoms with van der Waals surface area (Å²) in [5.41, 5.74) is 7.31. The van der Waals surface area contributed by atoms with Crippen LogP contribution in [0.15, 0.2) is 84.2 Å². The minimum atomic E-state index is -3.04. The number of nitrogens with zero attached hydrogens (tertiary/aromatic N) is 1. The van der Waals surface area contributed by atoms with E-state index in [2.05, 4.69) is 45.9 Å². The molecule has 1 saturated heterocycles. The van der Waals surface area contributed by atoms with E-state index in [0.29, 0.717) is 11.6 Å². The van der Waals surface area contributed by atoms with Crippen LogP contribution < -0.4 is 10.6 Å². The number of allylic oxidation sites excluding steroid dienone is 5. The van der Waals surface area contributed by atoms with Crippen molar-refractivity contribution in [1.82, 2.24) is 15.3 Å². The molecule has 1 aromatic heterocycles. The monoisotopic (exact) mass is 480 g/mol. The molecule has 4 rings (SSSR count). The van der Waals surface area contributed by atoms with Crippen molar-refractivity contribution in [2.45, 2.75) is 39.0 Å². The first-order chi connectivity index (χ1) is 16.1. The molecule has 0 aliphatic carbocycles. The van der Waals surface area contributed by atoms with Gasteiger partial charge in [-0.15, -0.1) is 0 Å². The molecule has 0 atom stereocenters. The topological polar surface area (TPSA) is 52.7 Å². The van der Waals surface area contributed by atoms with E-state index >= 15 is 0 Å². The van der Waals surface area contributed by atoms with Gasteiger partial charge in [-0.1, -0.05) is 43.0 Å². The fourth-order valence-electron chi connectivity index (χ4n) is 4.12. The number of rotatable bonds is 6. The van der Waals surface area contributed by atoms with E-state index in [4.69, 9.17) is 11.6 Å². The fraction of sp³-hybridized carbons (Fsp3) is 0.222. The van der Waals surface area contributed by atoms with Gasteiger partial charge in [-0.25, -0.2) is 13.8 Å². The van der Waals surface area contributed by atoms with Crippen molar-refractivity contribution in [3.63, 3.8) is 0 Å². The summed E-state index contributed by atoms with van der Waals surface area (Å²) in [5.74, 6) is -2.57. The average molecular weight is 481 g/mol. The Morgan fingerprint density at radius 3 is 2.71 bits per heavy atom. The lowest BCUT2D eigenvalue weighted by atomic mass is 9.92. The van der Waals surface area contributed by atoms with Gasteiger partial charge in [0.1, 0.15) is 0 Å². The number of hydrogen-bond acceptors (Lipinski definition) is 3. The second-order valence-corrected chi connectivity index (χ2v) is 8.94. The van der Waals surface area contributed by atoms with Crippen molar-refractivity contribution in [2.24, 2.45) is 0 Å². The summed E-state index contributed by atoms with van der Waals surface area (Å²) in [6.45, 7) is 11.0. The maximum absolute atomic E-state index is 13.8. The molecule has 4 nitrogen and oxygen atoms in total. The molecule has 0 spiro atoms. The summed E-state index contributed by atoms with van der Waals surface area (Å²) in [6, 6.07) is 10.5. The van der Waals surface area contributed by atoms with Crippen molar-refractivity contribution >= 4 is 34.3 Å². The maximum atomic E-state index is 13.8. The predicted molar refractivity (Wildman–Crippen MR) is 137 cm³/mol. The highest BCUT2D eigenvalue weighted by Crippen LogP contribution is 2.35. The molecule has 3 aromatic rings. The van der Waals surface area contributed by atoms with Crippen LogP contribution in [0, 0.1) is 0 Å². The zero-order valence-electron chi connectivity index (χ0n) is 19.2. The number of imidazole rings is 1. The van der Waals surface area contributed by atoms with Gasteiger partial charge >= 0.3 is 0 Å².